The normalized spacial score (nSPS) is 9.50. The molecule has 0 saturated heterocycles. The molecule has 0 bridgehead atoms. The highest BCUT2D eigenvalue weighted by atomic mass is 35.5. The number of carboxylic acids is 1. The number of aliphatic carboxylic acids is 1. The number of nitrogens with zero attached hydrogens (tertiary/aromatic N) is 1. The van der Waals surface area contributed by atoms with E-state index in [4.69, 9.17) is 16.6 Å². The maximum atomic E-state index is 10.2. The van der Waals surface area contributed by atoms with Gasteiger partial charge in [0, 0.05) is 6.08 Å². The number of halogens is 1. The SMILES string of the molecule is Cl.NC(N)=Nc1ccc(/C=C/C(=O)O)cc1. The fourth-order valence-corrected chi connectivity index (χ4v) is 0.977. The minimum absolute atomic E-state index is 0. The van der Waals surface area contributed by atoms with E-state index in [1.54, 1.807) is 24.3 Å². The first-order valence-electron chi connectivity index (χ1n) is 4.18. The number of carboxylic acid groups (broad SMARTS) is 1. The van der Waals surface area contributed by atoms with Crippen molar-refractivity contribution in [2.24, 2.45) is 16.5 Å². The van der Waals surface area contributed by atoms with Crippen LogP contribution in [-0.2, 0) is 4.79 Å². The van der Waals surface area contributed by atoms with E-state index in [9.17, 15) is 4.79 Å². The second kappa shape index (κ2) is 6.47. The molecule has 0 heterocycles. The van der Waals surface area contributed by atoms with Crippen LogP contribution in [0.25, 0.3) is 6.08 Å². The molecule has 0 amide bonds. The van der Waals surface area contributed by atoms with Crippen molar-refractivity contribution in [3.05, 3.63) is 35.9 Å². The minimum atomic E-state index is -0.983. The number of hydrogen-bond acceptors (Lipinski definition) is 2. The summed E-state index contributed by atoms with van der Waals surface area (Å²) in [6, 6.07) is 6.84. The zero-order valence-corrected chi connectivity index (χ0v) is 9.15. The molecule has 0 fully saturated rings. The summed E-state index contributed by atoms with van der Waals surface area (Å²) >= 11 is 0. The van der Waals surface area contributed by atoms with Gasteiger partial charge in [-0.3, -0.25) is 0 Å². The zero-order valence-electron chi connectivity index (χ0n) is 8.33. The van der Waals surface area contributed by atoms with E-state index in [1.165, 1.54) is 6.08 Å². The molecule has 6 heteroatoms. The lowest BCUT2D eigenvalue weighted by molar-refractivity contribution is -0.131. The van der Waals surface area contributed by atoms with Gasteiger partial charge in [0.15, 0.2) is 5.96 Å². The van der Waals surface area contributed by atoms with Gasteiger partial charge in [0.05, 0.1) is 5.69 Å². The third-order valence-corrected chi connectivity index (χ3v) is 1.57. The quantitative estimate of drug-likeness (QED) is 0.419. The van der Waals surface area contributed by atoms with Gasteiger partial charge < -0.3 is 16.6 Å². The lowest BCUT2D eigenvalue weighted by atomic mass is 10.2. The fraction of sp³-hybridized carbons (Fsp3) is 0. The molecule has 0 aromatic heterocycles. The van der Waals surface area contributed by atoms with Crippen molar-refractivity contribution in [2.45, 2.75) is 0 Å². The Hall–Kier alpha value is -2.01. The summed E-state index contributed by atoms with van der Waals surface area (Å²) in [6.07, 6.45) is 2.55. The maximum absolute atomic E-state index is 10.2. The van der Waals surface area contributed by atoms with E-state index in [1.807, 2.05) is 0 Å². The molecule has 16 heavy (non-hydrogen) atoms. The van der Waals surface area contributed by atoms with Crippen LogP contribution in [0, 0.1) is 0 Å². The van der Waals surface area contributed by atoms with Crippen molar-refractivity contribution in [1.29, 1.82) is 0 Å². The van der Waals surface area contributed by atoms with E-state index in [0.29, 0.717) is 5.69 Å². The second-order valence-electron chi connectivity index (χ2n) is 2.80. The topological polar surface area (TPSA) is 102 Å². The zero-order chi connectivity index (χ0) is 11.3. The lowest BCUT2D eigenvalue weighted by Gasteiger charge is -1.96. The van der Waals surface area contributed by atoms with Crippen LogP contribution < -0.4 is 11.5 Å². The maximum Gasteiger partial charge on any atom is 0.328 e. The number of hydrogen-bond donors (Lipinski definition) is 3. The Bertz CT molecular complexity index is 409. The van der Waals surface area contributed by atoms with Crippen LogP contribution in [0.1, 0.15) is 5.56 Å². The van der Waals surface area contributed by atoms with Gasteiger partial charge in [0.2, 0.25) is 0 Å². The third kappa shape index (κ3) is 5.02. The number of nitrogens with two attached hydrogens (primary N) is 2. The van der Waals surface area contributed by atoms with Crippen molar-refractivity contribution in [3.8, 4) is 0 Å². The predicted octanol–water partition coefficient (Wildman–Crippen LogP) is 1.11. The highest BCUT2D eigenvalue weighted by Gasteiger charge is 1.91. The Balaban J connectivity index is 0.00000225. The average Bonchev–Trinajstić information content (AvgIpc) is 2.16. The van der Waals surface area contributed by atoms with Crippen molar-refractivity contribution < 1.29 is 9.90 Å². The van der Waals surface area contributed by atoms with Gasteiger partial charge in [-0.15, -0.1) is 12.4 Å². The molecule has 0 spiro atoms. The first kappa shape index (κ1) is 14.0. The van der Waals surface area contributed by atoms with Gasteiger partial charge in [0.1, 0.15) is 0 Å². The molecule has 1 aromatic rings. The molecule has 5 N–H and O–H groups in total. The Kier molecular flexibility index (Phi) is 5.66. The number of rotatable bonds is 3. The second-order valence-corrected chi connectivity index (χ2v) is 2.80. The van der Waals surface area contributed by atoms with Crippen molar-refractivity contribution in [1.82, 2.24) is 0 Å². The molecule has 0 saturated carbocycles. The van der Waals surface area contributed by atoms with E-state index in [-0.39, 0.29) is 18.4 Å². The van der Waals surface area contributed by atoms with Gasteiger partial charge in [-0.25, -0.2) is 9.79 Å². The van der Waals surface area contributed by atoms with Gasteiger partial charge in [-0.05, 0) is 23.8 Å². The fourth-order valence-electron chi connectivity index (χ4n) is 0.977. The highest BCUT2D eigenvalue weighted by molar-refractivity contribution is 5.85. The molecule has 1 aromatic carbocycles. The first-order valence-corrected chi connectivity index (χ1v) is 4.18. The molecule has 0 unspecified atom stereocenters. The molecule has 86 valence electrons. The summed E-state index contributed by atoms with van der Waals surface area (Å²) in [4.78, 5) is 14.1. The smallest absolute Gasteiger partial charge is 0.328 e. The summed E-state index contributed by atoms with van der Waals surface area (Å²) in [5.41, 5.74) is 11.8. The third-order valence-electron chi connectivity index (χ3n) is 1.57. The standard InChI is InChI=1S/C10H11N3O2.ClH/c11-10(12)13-8-4-1-7(2-5-8)3-6-9(14)15;/h1-6H,(H,14,15)(H4,11,12,13);1H/b6-3+;. The van der Waals surface area contributed by atoms with Crippen molar-refractivity contribution in [2.75, 3.05) is 0 Å². The van der Waals surface area contributed by atoms with Gasteiger partial charge >= 0.3 is 5.97 Å². The van der Waals surface area contributed by atoms with Crippen LogP contribution in [0.5, 0.6) is 0 Å². The number of carbonyl (C=O) groups is 1. The summed E-state index contributed by atoms with van der Waals surface area (Å²) in [5, 5.41) is 8.41. The molecule has 0 atom stereocenters. The van der Waals surface area contributed by atoms with Gasteiger partial charge in [-0.2, -0.15) is 0 Å². The summed E-state index contributed by atoms with van der Waals surface area (Å²) < 4.78 is 0. The van der Waals surface area contributed by atoms with Crippen LogP contribution in [0.2, 0.25) is 0 Å². The van der Waals surface area contributed by atoms with E-state index < -0.39 is 5.97 Å². The largest absolute Gasteiger partial charge is 0.478 e. The van der Waals surface area contributed by atoms with Crippen LogP contribution in [0.3, 0.4) is 0 Å². The summed E-state index contributed by atoms with van der Waals surface area (Å²) in [7, 11) is 0. The Morgan fingerprint density at radius 1 is 1.25 bits per heavy atom. The minimum Gasteiger partial charge on any atom is -0.478 e. The van der Waals surface area contributed by atoms with Crippen molar-refractivity contribution >= 4 is 36.1 Å². The predicted molar refractivity (Wildman–Crippen MR) is 65.8 cm³/mol. The van der Waals surface area contributed by atoms with Gasteiger partial charge in [0.25, 0.3) is 0 Å². The molecule has 1 rings (SSSR count). The van der Waals surface area contributed by atoms with E-state index in [2.05, 4.69) is 4.99 Å². The Labute approximate surface area is 98.9 Å². The number of benzene rings is 1. The molecule has 0 radical (unpaired) electrons. The van der Waals surface area contributed by atoms with Gasteiger partial charge in [-0.1, -0.05) is 12.1 Å². The Morgan fingerprint density at radius 3 is 2.25 bits per heavy atom. The van der Waals surface area contributed by atoms with Crippen molar-refractivity contribution in [3.63, 3.8) is 0 Å². The van der Waals surface area contributed by atoms with Crippen LogP contribution >= 0.6 is 12.4 Å². The molecule has 0 aliphatic rings. The molecule has 5 nitrogen and oxygen atoms in total. The van der Waals surface area contributed by atoms with Crippen LogP contribution in [0.15, 0.2) is 35.3 Å². The molecular formula is C10H12ClN3O2. The molecular weight excluding hydrogens is 230 g/mol. The lowest BCUT2D eigenvalue weighted by Crippen LogP contribution is -2.21. The number of guanidine groups is 1. The number of aliphatic imine (C=N–C) groups is 1. The first-order chi connectivity index (χ1) is 7.08. The van der Waals surface area contributed by atoms with Crippen LogP contribution in [-0.4, -0.2) is 17.0 Å². The Morgan fingerprint density at radius 2 is 1.81 bits per heavy atom. The molecule has 0 aliphatic heterocycles. The monoisotopic (exact) mass is 241 g/mol. The molecule has 0 aliphatic carbocycles. The highest BCUT2D eigenvalue weighted by Crippen LogP contribution is 2.13. The van der Waals surface area contributed by atoms with Crippen LogP contribution in [0.4, 0.5) is 5.69 Å². The van der Waals surface area contributed by atoms with E-state index >= 15 is 0 Å². The summed E-state index contributed by atoms with van der Waals surface area (Å²) in [5.74, 6) is -0.993. The average molecular weight is 242 g/mol. The summed E-state index contributed by atoms with van der Waals surface area (Å²) in [6.45, 7) is 0. The van der Waals surface area contributed by atoms with E-state index in [0.717, 1.165) is 11.6 Å².